The summed E-state index contributed by atoms with van der Waals surface area (Å²) in [4.78, 5) is 24.5. The molecule has 2 N–H and O–H groups in total. The summed E-state index contributed by atoms with van der Waals surface area (Å²) in [6.07, 6.45) is 0. The van der Waals surface area contributed by atoms with E-state index in [0.717, 1.165) is 5.56 Å². The molecular formula is C15H21ClN2O3. The normalized spacial score (nSPS) is 12.2. The van der Waals surface area contributed by atoms with E-state index in [-0.39, 0.29) is 12.5 Å². The Labute approximate surface area is 129 Å². The Balaban J connectivity index is 2.40. The standard InChI is InChI=1S/C15H21ClN2O3/c1-3-18(9-11(2)15(20)21)10-14(19)17-8-12-4-6-13(16)7-5-12/h4-7,11H,3,8-10H2,1-2H3,(H,17,19)(H,20,21). The number of nitrogens with one attached hydrogen (secondary N) is 1. The van der Waals surface area contributed by atoms with E-state index in [1.54, 1.807) is 19.1 Å². The number of carboxylic acids is 1. The summed E-state index contributed by atoms with van der Waals surface area (Å²) in [6, 6.07) is 7.26. The topological polar surface area (TPSA) is 69.6 Å². The zero-order valence-electron chi connectivity index (χ0n) is 12.3. The number of nitrogens with zero attached hydrogens (tertiary/aromatic N) is 1. The Morgan fingerprint density at radius 2 is 1.95 bits per heavy atom. The van der Waals surface area contributed by atoms with Crippen LogP contribution in [0.2, 0.25) is 5.02 Å². The van der Waals surface area contributed by atoms with Gasteiger partial charge in [0, 0.05) is 18.1 Å². The molecule has 0 aliphatic carbocycles. The zero-order valence-corrected chi connectivity index (χ0v) is 13.1. The summed E-state index contributed by atoms with van der Waals surface area (Å²) < 4.78 is 0. The van der Waals surface area contributed by atoms with Gasteiger partial charge in [0.15, 0.2) is 0 Å². The highest BCUT2D eigenvalue weighted by Crippen LogP contribution is 2.09. The molecular weight excluding hydrogens is 292 g/mol. The van der Waals surface area contributed by atoms with Crippen LogP contribution in [0.15, 0.2) is 24.3 Å². The summed E-state index contributed by atoms with van der Waals surface area (Å²) in [5, 5.41) is 12.4. The lowest BCUT2D eigenvalue weighted by molar-refractivity contribution is -0.142. The van der Waals surface area contributed by atoms with Crippen molar-refractivity contribution in [2.75, 3.05) is 19.6 Å². The third-order valence-electron chi connectivity index (χ3n) is 3.17. The summed E-state index contributed by atoms with van der Waals surface area (Å²) in [5.74, 6) is -1.46. The van der Waals surface area contributed by atoms with Gasteiger partial charge in [-0.25, -0.2) is 0 Å². The number of carbonyl (C=O) groups excluding carboxylic acids is 1. The van der Waals surface area contributed by atoms with Crippen molar-refractivity contribution < 1.29 is 14.7 Å². The monoisotopic (exact) mass is 312 g/mol. The van der Waals surface area contributed by atoms with Crippen LogP contribution in [-0.4, -0.2) is 41.5 Å². The number of carbonyl (C=O) groups is 2. The predicted molar refractivity (Wildman–Crippen MR) is 82.2 cm³/mol. The third kappa shape index (κ3) is 6.60. The van der Waals surface area contributed by atoms with Crippen molar-refractivity contribution in [3.05, 3.63) is 34.9 Å². The van der Waals surface area contributed by atoms with Gasteiger partial charge >= 0.3 is 5.97 Å². The Bertz CT molecular complexity index is 476. The number of aliphatic carboxylic acids is 1. The fraction of sp³-hybridized carbons (Fsp3) is 0.467. The van der Waals surface area contributed by atoms with Crippen LogP contribution in [0, 0.1) is 5.92 Å². The van der Waals surface area contributed by atoms with Crippen LogP contribution < -0.4 is 5.32 Å². The smallest absolute Gasteiger partial charge is 0.307 e. The molecule has 1 rings (SSSR count). The number of hydrogen-bond acceptors (Lipinski definition) is 3. The van der Waals surface area contributed by atoms with Gasteiger partial charge in [-0.3, -0.25) is 14.5 Å². The van der Waals surface area contributed by atoms with Crippen molar-refractivity contribution in [2.24, 2.45) is 5.92 Å². The minimum atomic E-state index is -0.852. The molecule has 0 bridgehead atoms. The van der Waals surface area contributed by atoms with Crippen molar-refractivity contribution in [2.45, 2.75) is 20.4 Å². The fourth-order valence-corrected chi connectivity index (χ4v) is 1.96. The van der Waals surface area contributed by atoms with E-state index in [2.05, 4.69) is 5.32 Å². The lowest BCUT2D eigenvalue weighted by Gasteiger charge is -2.21. The van der Waals surface area contributed by atoms with Gasteiger partial charge < -0.3 is 10.4 Å². The fourth-order valence-electron chi connectivity index (χ4n) is 1.83. The summed E-state index contributed by atoms with van der Waals surface area (Å²) >= 11 is 5.79. The maximum atomic E-state index is 11.9. The minimum absolute atomic E-state index is 0.121. The zero-order chi connectivity index (χ0) is 15.8. The van der Waals surface area contributed by atoms with E-state index in [4.69, 9.17) is 16.7 Å². The Kier molecular flexibility index (Phi) is 7.19. The van der Waals surface area contributed by atoms with E-state index >= 15 is 0 Å². The van der Waals surface area contributed by atoms with Gasteiger partial charge in [0.05, 0.1) is 12.5 Å². The minimum Gasteiger partial charge on any atom is -0.481 e. The molecule has 0 heterocycles. The molecule has 0 saturated carbocycles. The van der Waals surface area contributed by atoms with Gasteiger partial charge in [-0.15, -0.1) is 0 Å². The van der Waals surface area contributed by atoms with E-state index < -0.39 is 11.9 Å². The average Bonchev–Trinajstić information content (AvgIpc) is 2.45. The van der Waals surface area contributed by atoms with Gasteiger partial charge in [-0.1, -0.05) is 37.6 Å². The highest BCUT2D eigenvalue weighted by molar-refractivity contribution is 6.30. The van der Waals surface area contributed by atoms with Crippen molar-refractivity contribution >= 4 is 23.5 Å². The van der Waals surface area contributed by atoms with Crippen LogP contribution in [-0.2, 0) is 16.1 Å². The molecule has 1 aromatic carbocycles. The van der Waals surface area contributed by atoms with Crippen molar-refractivity contribution in [1.82, 2.24) is 10.2 Å². The average molecular weight is 313 g/mol. The molecule has 1 unspecified atom stereocenters. The SMILES string of the molecule is CCN(CC(=O)NCc1ccc(Cl)cc1)CC(C)C(=O)O. The molecule has 0 spiro atoms. The van der Waals surface area contributed by atoms with Crippen LogP contribution >= 0.6 is 11.6 Å². The number of carboxylic acid groups (broad SMARTS) is 1. The lowest BCUT2D eigenvalue weighted by Crippen LogP contribution is -2.40. The van der Waals surface area contributed by atoms with Crippen LogP contribution in [0.4, 0.5) is 0 Å². The first kappa shape index (κ1) is 17.5. The molecule has 1 amide bonds. The number of hydrogen-bond donors (Lipinski definition) is 2. The molecule has 0 saturated heterocycles. The number of likely N-dealkylation sites (N-methyl/N-ethyl adjacent to an activating group) is 1. The predicted octanol–water partition coefficient (Wildman–Crippen LogP) is 2.00. The van der Waals surface area contributed by atoms with Crippen molar-refractivity contribution in [3.8, 4) is 0 Å². The largest absolute Gasteiger partial charge is 0.481 e. The molecule has 0 aliphatic rings. The molecule has 6 heteroatoms. The first-order valence-electron chi connectivity index (χ1n) is 6.88. The van der Waals surface area contributed by atoms with Crippen LogP contribution in [0.25, 0.3) is 0 Å². The maximum absolute atomic E-state index is 11.9. The third-order valence-corrected chi connectivity index (χ3v) is 3.42. The molecule has 0 aliphatic heterocycles. The van der Waals surface area contributed by atoms with E-state index in [1.165, 1.54) is 0 Å². The van der Waals surface area contributed by atoms with Crippen LogP contribution in [0.1, 0.15) is 19.4 Å². The highest BCUT2D eigenvalue weighted by atomic mass is 35.5. The van der Waals surface area contributed by atoms with E-state index in [9.17, 15) is 9.59 Å². The first-order chi connectivity index (χ1) is 9.92. The maximum Gasteiger partial charge on any atom is 0.307 e. The number of rotatable bonds is 8. The van der Waals surface area contributed by atoms with Crippen LogP contribution in [0.3, 0.4) is 0 Å². The highest BCUT2D eigenvalue weighted by Gasteiger charge is 2.17. The van der Waals surface area contributed by atoms with Crippen molar-refractivity contribution in [3.63, 3.8) is 0 Å². The van der Waals surface area contributed by atoms with Gasteiger partial charge in [0.2, 0.25) is 5.91 Å². The Morgan fingerprint density at radius 1 is 1.33 bits per heavy atom. The second kappa shape index (κ2) is 8.64. The molecule has 1 aromatic rings. The Hall–Kier alpha value is -1.59. The number of halogens is 1. The number of amides is 1. The van der Waals surface area contributed by atoms with Crippen LogP contribution in [0.5, 0.6) is 0 Å². The molecule has 0 aromatic heterocycles. The van der Waals surface area contributed by atoms with Gasteiger partial charge in [0.1, 0.15) is 0 Å². The summed E-state index contributed by atoms with van der Waals surface area (Å²) in [6.45, 7) is 5.16. The van der Waals surface area contributed by atoms with Gasteiger partial charge in [0.25, 0.3) is 0 Å². The van der Waals surface area contributed by atoms with Gasteiger partial charge in [-0.05, 0) is 24.2 Å². The molecule has 0 fully saturated rings. The summed E-state index contributed by atoms with van der Waals surface area (Å²) in [5.41, 5.74) is 0.967. The molecule has 5 nitrogen and oxygen atoms in total. The number of benzene rings is 1. The van der Waals surface area contributed by atoms with E-state index in [0.29, 0.717) is 24.7 Å². The lowest BCUT2D eigenvalue weighted by atomic mass is 10.1. The molecule has 21 heavy (non-hydrogen) atoms. The second-order valence-corrected chi connectivity index (χ2v) is 5.41. The van der Waals surface area contributed by atoms with Crippen molar-refractivity contribution in [1.29, 1.82) is 0 Å². The second-order valence-electron chi connectivity index (χ2n) is 4.97. The molecule has 116 valence electrons. The first-order valence-corrected chi connectivity index (χ1v) is 7.26. The van der Waals surface area contributed by atoms with E-state index in [1.807, 2.05) is 24.0 Å². The Morgan fingerprint density at radius 3 is 2.48 bits per heavy atom. The molecule has 0 radical (unpaired) electrons. The summed E-state index contributed by atoms with van der Waals surface area (Å²) in [7, 11) is 0. The quantitative estimate of drug-likeness (QED) is 0.770. The molecule has 1 atom stereocenters. The van der Waals surface area contributed by atoms with Gasteiger partial charge in [-0.2, -0.15) is 0 Å².